The predicted octanol–water partition coefficient (Wildman–Crippen LogP) is 2.89. The number of aromatic nitrogens is 2. The Morgan fingerprint density at radius 3 is 2.45 bits per heavy atom. The number of rotatable bonds is 3. The lowest BCUT2D eigenvalue weighted by Gasteiger charge is -2.19. The van der Waals surface area contributed by atoms with Crippen LogP contribution in [0.25, 0.3) is 0 Å². The van der Waals surface area contributed by atoms with E-state index in [-0.39, 0.29) is 5.56 Å². The van der Waals surface area contributed by atoms with Crippen molar-refractivity contribution in [1.82, 2.24) is 15.1 Å². The van der Waals surface area contributed by atoms with Crippen LogP contribution in [-0.4, -0.2) is 16.8 Å². The molecule has 1 heterocycles. The van der Waals surface area contributed by atoms with Crippen molar-refractivity contribution < 1.29 is 17.6 Å². The van der Waals surface area contributed by atoms with Crippen LogP contribution >= 0.6 is 0 Å². The van der Waals surface area contributed by atoms with Gasteiger partial charge in [0, 0.05) is 18.8 Å². The van der Waals surface area contributed by atoms with Crippen LogP contribution < -0.4 is 5.32 Å². The first-order valence-corrected chi connectivity index (χ1v) is 5.87. The van der Waals surface area contributed by atoms with Gasteiger partial charge in [0.2, 0.25) is 0 Å². The summed E-state index contributed by atoms with van der Waals surface area (Å²) >= 11 is 0. The first kappa shape index (κ1) is 14.5. The molecule has 3 nitrogen and oxygen atoms in total. The van der Waals surface area contributed by atoms with E-state index in [4.69, 9.17) is 0 Å². The number of aryl methyl sites for hydroxylation is 1. The number of hydrogen-bond acceptors (Lipinski definition) is 2. The van der Waals surface area contributed by atoms with Crippen molar-refractivity contribution >= 4 is 0 Å². The fourth-order valence-corrected chi connectivity index (χ4v) is 2.12. The number of hydrogen-bond donors (Lipinski definition) is 1. The van der Waals surface area contributed by atoms with Crippen LogP contribution in [0, 0.1) is 5.82 Å². The van der Waals surface area contributed by atoms with Crippen molar-refractivity contribution in [1.29, 1.82) is 0 Å². The molecule has 7 heteroatoms. The molecule has 108 valence electrons. The number of benzene rings is 1. The van der Waals surface area contributed by atoms with Gasteiger partial charge >= 0.3 is 6.18 Å². The summed E-state index contributed by atoms with van der Waals surface area (Å²) in [5.41, 5.74) is -0.755. The van der Waals surface area contributed by atoms with E-state index in [1.165, 1.54) is 23.0 Å². The third-order valence-corrected chi connectivity index (χ3v) is 3.09. The monoisotopic (exact) mass is 287 g/mol. The minimum atomic E-state index is -4.72. The van der Waals surface area contributed by atoms with Crippen LogP contribution in [-0.2, 0) is 13.2 Å². The second kappa shape index (κ2) is 5.24. The van der Waals surface area contributed by atoms with E-state index in [1.54, 1.807) is 20.2 Å². The van der Waals surface area contributed by atoms with Crippen LogP contribution in [0.2, 0.25) is 0 Å². The van der Waals surface area contributed by atoms with Crippen molar-refractivity contribution in [3.05, 3.63) is 53.1 Å². The number of nitrogens with zero attached hydrogens (tertiary/aromatic N) is 2. The molecule has 0 amide bonds. The molecule has 2 aromatic rings. The smallest absolute Gasteiger partial charge is 0.308 e. The van der Waals surface area contributed by atoms with Gasteiger partial charge in [-0.1, -0.05) is 12.1 Å². The predicted molar refractivity (Wildman–Crippen MR) is 65.5 cm³/mol. The normalized spacial score (nSPS) is 13.5. The first-order chi connectivity index (χ1) is 9.36. The zero-order valence-corrected chi connectivity index (χ0v) is 10.9. The highest BCUT2D eigenvalue weighted by molar-refractivity contribution is 5.34. The molecule has 0 aliphatic rings. The molecule has 2 rings (SSSR count). The lowest BCUT2D eigenvalue weighted by atomic mass is 10.00. The molecule has 1 atom stereocenters. The van der Waals surface area contributed by atoms with Gasteiger partial charge in [0.15, 0.2) is 0 Å². The van der Waals surface area contributed by atoms with Gasteiger partial charge in [-0.05, 0) is 19.2 Å². The second-order valence-electron chi connectivity index (χ2n) is 4.31. The van der Waals surface area contributed by atoms with Crippen LogP contribution in [0.3, 0.4) is 0 Å². The molecule has 1 aromatic carbocycles. The van der Waals surface area contributed by atoms with E-state index >= 15 is 0 Å². The average Bonchev–Trinajstić information content (AvgIpc) is 2.77. The lowest BCUT2D eigenvalue weighted by Crippen LogP contribution is -2.23. The van der Waals surface area contributed by atoms with E-state index in [0.29, 0.717) is 5.69 Å². The molecule has 0 spiro atoms. The average molecular weight is 287 g/mol. The number of nitrogens with one attached hydrogen (secondary N) is 1. The molecule has 1 aromatic heterocycles. The van der Waals surface area contributed by atoms with Crippen LogP contribution in [0.4, 0.5) is 17.6 Å². The van der Waals surface area contributed by atoms with E-state index in [0.717, 1.165) is 6.07 Å². The summed E-state index contributed by atoms with van der Waals surface area (Å²) in [5, 5.41) is 6.76. The van der Waals surface area contributed by atoms with Crippen molar-refractivity contribution in [3.8, 4) is 0 Å². The Morgan fingerprint density at radius 1 is 1.25 bits per heavy atom. The summed E-state index contributed by atoms with van der Waals surface area (Å²) in [6, 6.07) is 4.18. The first-order valence-electron chi connectivity index (χ1n) is 5.87. The minimum Gasteiger partial charge on any atom is -0.308 e. The lowest BCUT2D eigenvalue weighted by molar-refractivity contribution is -0.140. The van der Waals surface area contributed by atoms with Crippen LogP contribution in [0.5, 0.6) is 0 Å². The molecule has 1 N–H and O–H groups in total. The summed E-state index contributed by atoms with van der Waals surface area (Å²) in [6.07, 6.45) is -3.21. The number of halogens is 4. The molecule has 0 saturated heterocycles. The Labute approximate surface area is 113 Å². The Bertz CT molecular complexity index is 604. The standard InChI is InChI=1S/C13H13F4N3/c1-18-12(10-6-7-19-20(10)2)8-4-3-5-9(11(8)14)13(15,16)17/h3-7,12,18H,1-2H3. The van der Waals surface area contributed by atoms with Crippen LogP contribution in [0.15, 0.2) is 30.5 Å². The highest BCUT2D eigenvalue weighted by Gasteiger charge is 2.36. The van der Waals surface area contributed by atoms with Gasteiger partial charge in [0.05, 0.1) is 17.3 Å². The summed E-state index contributed by atoms with van der Waals surface area (Å²) < 4.78 is 53.8. The minimum absolute atomic E-state index is 0.0640. The van der Waals surface area contributed by atoms with Crippen molar-refractivity contribution in [2.75, 3.05) is 7.05 Å². The maximum Gasteiger partial charge on any atom is 0.419 e. The maximum absolute atomic E-state index is 14.1. The molecular formula is C13H13F4N3. The summed E-state index contributed by atoms with van der Waals surface area (Å²) in [6.45, 7) is 0. The van der Waals surface area contributed by atoms with Gasteiger partial charge < -0.3 is 5.32 Å². The molecule has 0 aliphatic heterocycles. The molecule has 1 unspecified atom stereocenters. The van der Waals surface area contributed by atoms with Gasteiger partial charge in [0.25, 0.3) is 0 Å². The van der Waals surface area contributed by atoms with Crippen molar-refractivity contribution in [2.24, 2.45) is 7.05 Å². The van der Waals surface area contributed by atoms with Gasteiger partial charge in [0.1, 0.15) is 5.82 Å². The van der Waals surface area contributed by atoms with Gasteiger partial charge in [-0.2, -0.15) is 18.3 Å². The number of alkyl halides is 3. The highest BCUT2D eigenvalue weighted by atomic mass is 19.4. The Kier molecular flexibility index (Phi) is 3.80. The summed E-state index contributed by atoms with van der Waals surface area (Å²) in [4.78, 5) is 0. The van der Waals surface area contributed by atoms with Crippen molar-refractivity contribution in [3.63, 3.8) is 0 Å². The Balaban J connectivity index is 2.54. The van der Waals surface area contributed by atoms with Gasteiger partial charge in [-0.25, -0.2) is 4.39 Å². The highest BCUT2D eigenvalue weighted by Crippen LogP contribution is 2.35. The summed E-state index contributed by atoms with van der Waals surface area (Å²) in [5.74, 6) is -1.26. The third-order valence-electron chi connectivity index (χ3n) is 3.09. The zero-order valence-electron chi connectivity index (χ0n) is 10.9. The van der Waals surface area contributed by atoms with E-state index in [2.05, 4.69) is 10.4 Å². The SMILES string of the molecule is CNC(c1cccc(C(F)(F)F)c1F)c1ccnn1C. The van der Waals surface area contributed by atoms with Crippen LogP contribution in [0.1, 0.15) is 22.9 Å². The third kappa shape index (κ3) is 2.53. The largest absolute Gasteiger partial charge is 0.419 e. The molecule has 0 radical (unpaired) electrons. The molecule has 0 bridgehead atoms. The maximum atomic E-state index is 14.1. The molecule has 0 aliphatic carbocycles. The molecule has 20 heavy (non-hydrogen) atoms. The zero-order chi connectivity index (χ0) is 14.9. The Hall–Kier alpha value is -1.89. The van der Waals surface area contributed by atoms with Crippen molar-refractivity contribution in [2.45, 2.75) is 12.2 Å². The topological polar surface area (TPSA) is 29.9 Å². The fourth-order valence-electron chi connectivity index (χ4n) is 2.12. The second-order valence-corrected chi connectivity index (χ2v) is 4.31. The summed E-state index contributed by atoms with van der Waals surface area (Å²) in [7, 11) is 3.20. The van der Waals surface area contributed by atoms with E-state index in [9.17, 15) is 17.6 Å². The van der Waals surface area contributed by atoms with Gasteiger partial charge in [-0.15, -0.1) is 0 Å². The van der Waals surface area contributed by atoms with E-state index in [1.807, 2.05) is 0 Å². The van der Waals surface area contributed by atoms with E-state index < -0.39 is 23.6 Å². The fraction of sp³-hybridized carbons (Fsp3) is 0.308. The Morgan fingerprint density at radius 2 is 1.95 bits per heavy atom. The molecule has 0 saturated carbocycles. The molecule has 0 fully saturated rings. The van der Waals surface area contributed by atoms with Gasteiger partial charge in [-0.3, -0.25) is 4.68 Å². The molecular weight excluding hydrogens is 274 g/mol. The quantitative estimate of drug-likeness (QED) is 0.880.